The average molecular weight is 372 g/mol. The summed E-state index contributed by atoms with van der Waals surface area (Å²) in [6, 6.07) is 4.82. The van der Waals surface area contributed by atoms with E-state index >= 15 is 0 Å². The van der Waals surface area contributed by atoms with Crippen LogP contribution in [0.15, 0.2) is 18.2 Å². The smallest absolute Gasteiger partial charge is 0.239 e. The molecule has 1 heterocycles. The zero-order valence-corrected chi connectivity index (χ0v) is 15.7. The van der Waals surface area contributed by atoms with Crippen molar-refractivity contribution in [3.8, 4) is 0 Å². The molecule has 0 saturated carbocycles. The minimum atomic E-state index is -1.17. The number of halogens is 2. The predicted molar refractivity (Wildman–Crippen MR) is 97.6 cm³/mol. The van der Waals surface area contributed by atoms with Gasteiger partial charge in [0.2, 0.25) is 11.8 Å². The van der Waals surface area contributed by atoms with Gasteiger partial charge in [-0.15, -0.1) is 0 Å². The maximum absolute atomic E-state index is 12.8. The third-order valence-electron chi connectivity index (χ3n) is 4.39. The minimum absolute atomic E-state index is 0.166. The lowest BCUT2D eigenvalue weighted by Crippen LogP contribution is -2.54. The Morgan fingerprint density at radius 2 is 1.79 bits per heavy atom. The van der Waals surface area contributed by atoms with Gasteiger partial charge in [-0.2, -0.15) is 0 Å². The lowest BCUT2D eigenvalue weighted by atomic mass is 9.89. The van der Waals surface area contributed by atoms with Crippen molar-refractivity contribution in [1.82, 2.24) is 9.80 Å². The van der Waals surface area contributed by atoms with Crippen LogP contribution in [0.2, 0.25) is 10.0 Å². The van der Waals surface area contributed by atoms with E-state index in [9.17, 15) is 9.59 Å². The average Bonchev–Trinajstić information content (AvgIpc) is 2.56. The van der Waals surface area contributed by atoms with Crippen LogP contribution in [0.25, 0.3) is 0 Å². The summed E-state index contributed by atoms with van der Waals surface area (Å²) >= 11 is 11.9. The number of benzene rings is 1. The molecule has 1 aromatic carbocycles. The molecule has 1 aromatic rings. The van der Waals surface area contributed by atoms with E-state index in [1.165, 1.54) is 0 Å². The normalized spacial score (nSPS) is 16.1. The Bertz CT molecular complexity index is 626. The van der Waals surface area contributed by atoms with Crippen molar-refractivity contribution in [3.05, 3.63) is 28.2 Å². The van der Waals surface area contributed by atoms with E-state index in [0.717, 1.165) is 19.6 Å². The monoisotopic (exact) mass is 371 g/mol. The summed E-state index contributed by atoms with van der Waals surface area (Å²) in [6.45, 7) is 9.31. The lowest BCUT2D eigenvalue weighted by molar-refractivity contribution is -0.147. The van der Waals surface area contributed by atoms with Crippen molar-refractivity contribution in [1.29, 1.82) is 0 Å². The molecule has 0 spiro atoms. The molecule has 1 saturated heterocycles. The summed E-state index contributed by atoms with van der Waals surface area (Å²) < 4.78 is 0. The van der Waals surface area contributed by atoms with Crippen molar-refractivity contribution in [2.45, 2.75) is 20.8 Å². The van der Waals surface area contributed by atoms with E-state index in [4.69, 9.17) is 23.2 Å². The topological polar surface area (TPSA) is 52.7 Å². The van der Waals surface area contributed by atoms with Gasteiger partial charge in [-0.1, -0.05) is 30.1 Å². The second kappa shape index (κ2) is 7.72. The van der Waals surface area contributed by atoms with E-state index in [2.05, 4.69) is 17.1 Å². The Kier molecular flexibility index (Phi) is 6.12. The molecule has 0 aliphatic carbocycles. The summed E-state index contributed by atoms with van der Waals surface area (Å²) in [5.74, 6) is -0.546. The van der Waals surface area contributed by atoms with Crippen LogP contribution in [0.4, 0.5) is 5.69 Å². The fourth-order valence-electron chi connectivity index (χ4n) is 2.63. The Morgan fingerprint density at radius 1 is 1.17 bits per heavy atom. The van der Waals surface area contributed by atoms with Crippen LogP contribution in [0, 0.1) is 5.41 Å². The fraction of sp³-hybridized carbons (Fsp3) is 0.529. The van der Waals surface area contributed by atoms with Crippen molar-refractivity contribution < 1.29 is 9.59 Å². The molecule has 7 heteroatoms. The molecule has 0 aromatic heterocycles. The number of piperazine rings is 1. The fourth-order valence-corrected chi connectivity index (χ4v) is 3.08. The maximum atomic E-state index is 12.8. The summed E-state index contributed by atoms with van der Waals surface area (Å²) in [7, 11) is 0. The zero-order valence-electron chi connectivity index (χ0n) is 14.2. The third-order valence-corrected chi connectivity index (χ3v) is 4.94. The molecule has 0 atom stereocenters. The van der Waals surface area contributed by atoms with Crippen molar-refractivity contribution >= 4 is 40.7 Å². The summed E-state index contributed by atoms with van der Waals surface area (Å²) in [6.07, 6.45) is 0. The number of hydrogen-bond donors (Lipinski definition) is 1. The van der Waals surface area contributed by atoms with Crippen LogP contribution < -0.4 is 5.32 Å². The second-order valence-corrected chi connectivity index (χ2v) is 7.27. The zero-order chi connectivity index (χ0) is 17.9. The van der Waals surface area contributed by atoms with Gasteiger partial charge in [-0.05, 0) is 38.6 Å². The molecule has 0 bridgehead atoms. The van der Waals surface area contributed by atoms with Gasteiger partial charge in [0.05, 0.1) is 10.7 Å². The van der Waals surface area contributed by atoms with Gasteiger partial charge in [0.25, 0.3) is 0 Å². The molecule has 1 aliphatic heterocycles. The highest BCUT2D eigenvalue weighted by molar-refractivity contribution is 6.36. The van der Waals surface area contributed by atoms with Gasteiger partial charge >= 0.3 is 0 Å². The molecule has 5 nitrogen and oxygen atoms in total. The molecule has 1 aliphatic rings. The van der Waals surface area contributed by atoms with E-state index in [0.29, 0.717) is 28.8 Å². The molecular weight excluding hydrogens is 349 g/mol. The minimum Gasteiger partial charge on any atom is -0.339 e. The third kappa shape index (κ3) is 4.21. The number of nitrogens with zero attached hydrogens (tertiary/aromatic N) is 2. The molecule has 1 N–H and O–H groups in total. The second-order valence-electron chi connectivity index (χ2n) is 6.43. The van der Waals surface area contributed by atoms with E-state index in [1.54, 1.807) is 36.9 Å². The van der Waals surface area contributed by atoms with Gasteiger partial charge in [-0.3, -0.25) is 9.59 Å². The summed E-state index contributed by atoms with van der Waals surface area (Å²) in [5.41, 5.74) is -0.722. The van der Waals surface area contributed by atoms with Gasteiger partial charge in [0, 0.05) is 31.2 Å². The van der Waals surface area contributed by atoms with Gasteiger partial charge in [0.15, 0.2) is 0 Å². The SMILES string of the molecule is CCN1CCN(C(=O)C(C)(C)C(=O)Nc2ccc(Cl)cc2Cl)CC1. The molecular formula is C17H23Cl2N3O2. The Balaban J connectivity index is 2.05. The van der Waals surface area contributed by atoms with Gasteiger partial charge < -0.3 is 15.1 Å². The molecule has 2 rings (SSSR count). The first-order chi connectivity index (χ1) is 11.3. The molecule has 132 valence electrons. The van der Waals surface area contributed by atoms with E-state index in [1.807, 2.05) is 0 Å². The largest absolute Gasteiger partial charge is 0.339 e. The van der Waals surface area contributed by atoms with Gasteiger partial charge in [0.1, 0.15) is 5.41 Å². The first-order valence-corrected chi connectivity index (χ1v) is 8.79. The number of amides is 2. The number of hydrogen-bond acceptors (Lipinski definition) is 3. The Labute approximate surface area is 152 Å². The van der Waals surface area contributed by atoms with Crippen LogP contribution in [-0.4, -0.2) is 54.3 Å². The van der Waals surface area contributed by atoms with Crippen LogP contribution in [-0.2, 0) is 9.59 Å². The number of likely N-dealkylation sites (N-methyl/N-ethyl adjacent to an activating group) is 1. The van der Waals surface area contributed by atoms with Crippen molar-refractivity contribution in [2.75, 3.05) is 38.0 Å². The first kappa shape index (κ1) is 19.0. The standard InChI is InChI=1S/C17H23Cl2N3O2/c1-4-21-7-9-22(10-8-21)16(24)17(2,3)15(23)20-14-6-5-12(18)11-13(14)19/h5-6,11H,4,7-10H2,1-3H3,(H,20,23). The number of carbonyl (C=O) groups excluding carboxylic acids is 2. The van der Waals surface area contributed by atoms with Crippen LogP contribution in [0.3, 0.4) is 0 Å². The quantitative estimate of drug-likeness (QED) is 0.827. The lowest BCUT2D eigenvalue weighted by Gasteiger charge is -2.37. The highest BCUT2D eigenvalue weighted by Gasteiger charge is 2.40. The molecule has 0 radical (unpaired) electrons. The van der Waals surface area contributed by atoms with Crippen molar-refractivity contribution in [3.63, 3.8) is 0 Å². The predicted octanol–water partition coefficient (Wildman–Crippen LogP) is 3.12. The maximum Gasteiger partial charge on any atom is 0.239 e. The van der Waals surface area contributed by atoms with Gasteiger partial charge in [-0.25, -0.2) is 0 Å². The number of carbonyl (C=O) groups is 2. The molecule has 2 amide bonds. The molecule has 1 fully saturated rings. The van der Waals surface area contributed by atoms with E-state index < -0.39 is 5.41 Å². The van der Waals surface area contributed by atoms with Crippen LogP contribution in [0.1, 0.15) is 20.8 Å². The Morgan fingerprint density at radius 3 is 2.33 bits per heavy atom. The van der Waals surface area contributed by atoms with Crippen LogP contribution in [0.5, 0.6) is 0 Å². The van der Waals surface area contributed by atoms with Crippen molar-refractivity contribution in [2.24, 2.45) is 5.41 Å². The number of rotatable bonds is 4. The molecule has 24 heavy (non-hydrogen) atoms. The van der Waals surface area contributed by atoms with Crippen LogP contribution >= 0.6 is 23.2 Å². The highest BCUT2D eigenvalue weighted by Crippen LogP contribution is 2.28. The number of nitrogens with one attached hydrogen (secondary N) is 1. The Hall–Kier alpha value is -1.30. The summed E-state index contributed by atoms with van der Waals surface area (Å²) in [5, 5.41) is 3.56. The summed E-state index contributed by atoms with van der Waals surface area (Å²) in [4.78, 5) is 29.4. The first-order valence-electron chi connectivity index (χ1n) is 8.04. The van der Waals surface area contributed by atoms with E-state index in [-0.39, 0.29) is 11.8 Å². The highest BCUT2D eigenvalue weighted by atomic mass is 35.5. The number of anilines is 1. The molecule has 0 unspecified atom stereocenters.